The van der Waals surface area contributed by atoms with Crippen LogP contribution in [0.2, 0.25) is 0 Å². The summed E-state index contributed by atoms with van der Waals surface area (Å²) in [4.78, 5) is 35.6. The minimum Gasteiger partial charge on any atom is -0.358 e. The van der Waals surface area contributed by atoms with E-state index in [1.165, 1.54) is 21.4 Å². The van der Waals surface area contributed by atoms with E-state index >= 15 is 0 Å². The van der Waals surface area contributed by atoms with Crippen LogP contribution >= 0.6 is 0 Å². The maximum atomic E-state index is 12.9. The highest BCUT2D eigenvalue weighted by Crippen LogP contribution is 2.41. The van der Waals surface area contributed by atoms with Gasteiger partial charge in [0.1, 0.15) is 0 Å². The molecule has 6 rings (SSSR count). The molecular weight excluding hydrogens is 460 g/mol. The maximum Gasteiger partial charge on any atom is 0.261 e. The maximum absolute atomic E-state index is 12.9. The molecule has 2 aromatic heterocycles. The van der Waals surface area contributed by atoms with Crippen molar-refractivity contribution in [2.45, 2.75) is 56.9 Å². The Morgan fingerprint density at radius 3 is 2.59 bits per heavy atom. The number of carbonyl (C=O) groups is 2. The Hall–Kier alpha value is -3.77. The minimum absolute atomic E-state index is 0.104. The summed E-state index contributed by atoms with van der Waals surface area (Å²) in [5, 5.41) is 1.22. The minimum atomic E-state index is -0.572. The van der Waals surface area contributed by atoms with Crippen LogP contribution in [0.4, 0.5) is 0 Å². The number of nitrogens with one attached hydrogen (secondary N) is 1. The first-order valence-corrected chi connectivity index (χ1v) is 13.2. The number of H-pyrrole nitrogens is 1. The number of hydrogen-bond donors (Lipinski definition) is 2. The van der Waals surface area contributed by atoms with Gasteiger partial charge in [0.25, 0.3) is 11.8 Å². The van der Waals surface area contributed by atoms with Gasteiger partial charge in [0, 0.05) is 52.9 Å². The van der Waals surface area contributed by atoms with Crippen LogP contribution in [0.5, 0.6) is 0 Å². The van der Waals surface area contributed by atoms with Crippen LogP contribution in [0.15, 0.2) is 66.9 Å². The van der Waals surface area contributed by atoms with Crippen molar-refractivity contribution in [2.24, 2.45) is 5.73 Å². The number of aryl methyl sites for hydroxylation is 2. The second kappa shape index (κ2) is 9.27. The largest absolute Gasteiger partial charge is 0.358 e. The van der Waals surface area contributed by atoms with Gasteiger partial charge in [-0.3, -0.25) is 19.5 Å². The average molecular weight is 493 g/mol. The Bertz CT molecular complexity index is 1470. The molecule has 1 aliphatic carbocycles. The molecule has 0 spiro atoms. The molecule has 3 N–H and O–H groups in total. The number of nitrogens with two attached hydrogens (primary N) is 1. The first kappa shape index (κ1) is 23.6. The molecule has 37 heavy (non-hydrogen) atoms. The second-order valence-corrected chi connectivity index (χ2v) is 10.6. The standard InChI is InChI=1S/C31H32N4O2/c1-20-8-4-14-27-25(20)18-22(34-27)19-31(32,26-13-5-9-21-10-6-16-33-28(21)26)15-7-17-35-29(36)23-11-2-3-12-24(23)30(35)37/h2-4,6,8,10-12,14,16,18,26,34H,5,7,9,13,15,17,19,32H2,1H3. The summed E-state index contributed by atoms with van der Waals surface area (Å²) in [7, 11) is 0. The number of aromatic nitrogens is 2. The zero-order valence-electron chi connectivity index (χ0n) is 21.2. The molecule has 0 saturated heterocycles. The topological polar surface area (TPSA) is 92.1 Å². The van der Waals surface area contributed by atoms with Gasteiger partial charge in [-0.15, -0.1) is 0 Å². The Balaban J connectivity index is 1.28. The fraction of sp³-hybridized carbons (Fsp3) is 0.323. The van der Waals surface area contributed by atoms with Gasteiger partial charge in [0.2, 0.25) is 0 Å². The molecule has 0 fully saturated rings. The average Bonchev–Trinajstić information content (AvgIpc) is 3.43. The Labute approximate surface area is 216 Å². The second-order valence-electron chi connectivity index (χ2n) is 10.6. The van der Waals surface area contributed by atoms with E-state index < -0.39 is 5.54 Å². The summed E-state index contributed by atoms with van der Waals surface area (Å²) in [6, 6.07) is 19.7. The van der Waals surface area contributed by atoms with Crippen molar-refractivity contribution in [3.05, 3.63) is 101 Å². The van der Waals surface area contributed by atoms with Crippen LogP contribution < -0.4 is 5.73 Å². The first-order valence-electron chi connectivity index (χ1n) is 13.2. The number of rotatable bonds is 7. The molecule has 2 amide bonds. The zero-order chi connectivity index (χ0) is 25.6. The smallest absolute Gasteiger partial charge is 0.261 e. The molecular formula is C31H32N4O2. The monoisotopic (exact) mass is 492 g/mol. The number of fused-ring (bicyclic) bond motifs is 3. The van der Waals surface area contributed by atoms with Crippen molar-refractivity contribution in [1.82, 2.24) is 14.9 Å². The molecule has 6 nitrogen and oxygen atoms in total. The van der Waals surface area contributed by atoms with Crippen molar-refractivity contribution in [3.8, 4) is 0 Å². The fourth-order valence-electron chi connectivity index (χ4n) is 6.38. The summed E-state index contributed by atoms with van der Waals surface area (Å²) >= 11 is 0. The van der Waals surface area contributed by atoms with Gasteiger partial charge >= 0.3 is 0 Å². The van der Waals surface area contributed by atoms with Crippen molar-refractivity contribution in [2.75, 3.05) is 6.54 Å². The number of aromatic amines is 1. The Kier molecular flexibility index (Phi) is 5.92. The van der Waals surface area contributed by atoms with Gasteiger partial charge in [-0.1, -0.05) is 30.3 Å². The lowest BCUT2D eigenvalue weighted by molar-refractivity contribution is 0.0647. The number of benzene rings is 2. The lowest BCUT2D eigenvalue weighted by Gasteiger charge is -2.40. The predicted molar refractivity (Wildman–Crippen MR) is 145 cm³/mol. The summed E-state index contributed by atoms with van der Waals surface area (Å²) < 4.78 is 0. The third-order valence-corrected chi connectivity index (χ3v) is 8.25. The SMILES string of the molecule is Cc1cccc2[nH]c(CC(N)(CCCN3C(=O)c4ccccc4C3=O)C3CCCc4cccnc43)cc12. The number of amides is 2. The molecule has 1 aliphatic heterocycles. The molecule has 0 saturated carbocycles. The number of carbonyl (C=O) groups excluding carboxylic acids is 2. The third kappa shape index (κ3) is 4.15. The predicted octanol–water partition coefficient (Wildman–Crippen LogP) is 5.31. The fourth-order valence-corrected chi connectivity index (χ4v) is 6.38. The van der Waals surface area contributed by atoms with Crippen LogP contribution in [0, 0.1) is 6.92 Å². The van der Waals surface area contributed by atoms with E-state index in [0.29, 0.717) is 36.9 Å². The highest BCUT2D eigenvalue weighted by Gasteiger charge is 2.41. The Morgan fingerprint density at radius 2 is 1.84 bits per heavy atom. The zero-order valence-corrected chi connectivity index (χ0v) is 21.2. The molecule has 4 aromatic rings. The summed E-state index contributed by atoms with van der Waals surface area (Å²) in [5.74, 6) is -0.315. The van der Waals surface area contributed by atoms with Crippen LogP contribution in [0.25, 0.3) is 10.9 Å². The summed E-state index contributed by atoms with van der Waals surface area (Å²) in [6.45, 7) is 2.48. The van der Waals surface area contributed by atoms with E-state index in [4.69, 9.17) is 10.7 Å². The quantitative estimate of drug-likeness (QED) is 0.342. The van der Waals surface area contributed by atoms with E-state index in [0.717, 1.165) is 36.2 Å². The van der Waals surface area contributed by atoms with E-state index in [1.54, 1.807) is 24.3 Å². The van der Waals surface area contributed by atoms with Crippen molar-refractivity contribution < 1.29 is 9.59 Å². The van der Waals surface area contributed by atoms with Crippen LogP contribution in [0.3, 0.4) is 0 Å². The van der Waals surface area contributed by atoms with Crippen molar-refractivity contribution >= 4 is 22.7 Å². The normalized spacial score (nSPS) is 18.6. The van der Waals surface area contributed by atoms with Gasteiger partial charge in [-0.05, 0) is 80.5 Å². The molecule has 0 radical (unpaired) electrons. The third-order valence-electron chi connectivity index (χ3n) is 8.25. The molecule has 188 valence electrons. The number of hydrogen-bond acceptors (Lipinski definition) is 4. The molecule has 2 unspecified atom stereocenters. The number of nitrogens with zero attached hydrogens (tertiary/aromatic N) is 2. The van der Waals surface area contributed by atoms with Gasteiger partial charge in [-0.25, -0.2) is 0 Å². The van der Waals surface area contributed by atoms with Crippen molar-refractivity contribution in [1.29, 1.82) is 0 Å². The van der Waals surface area contributed by atoms with Gasteiger partial charge in [0.15, 0.2) is 0 Å². The molecule has 2 aromatic carbocycles. The summed E-state index contributed by atoms with van der Waals surface area (Å²) in [6.07, 6.45) is 6.93. The van der Waals surface area contributed by atoms with Crippen LogP contribution in [-0.2, 0) is 12.8 Å². The molecule has 2 atom stereocenters. The van der Waals surface area contributed by atoms with E-state index in [-0.39, 0.29) is 17.7 Å². The van der Waals surface area contributed by atoms with E-state index in [9.17, 15) is 9.59 Å². The number of imide groups is 1. The van der Waals surface area contributed by atoms with E-state index in [2.05, 4.69) is 42.2 Å². The summed E-state index contributed by atoms with van der Waals surface area (Å²) in [5.41, 5.74) is 13.6. The van der Waals surface area contributed by atoms with Gasteiger partial charge < -0.3 is 10.7 Å². The lowest BCUT2D eigenvalue weighted by atomic mass is 9.70. The van der Waals surface area contributed by atoms with E-state index in [1.807, 2.05) is 12.3 Å². The molecule has 3 heterocycles. The number of pyridine rings is 1. The molecule has 2 aliphatic rings. The van der Waals surface area contributed by atoms with Gasteiger partial charge in [-0.2, -0.15) is 0 Å². The van der Waals surface area contributed by atoms with Gasteiger partial charge in [0.05, 0.1) is 11.1 Å². The molecule has 0 bridgehead atoms. The highest BCUT2D eigenvalue weighted by molar-refractivity contribution is 6.21. The first-order chi connectivity index (χ1) is 17.9. The lowest BCUT2D eigenvalue weighted by Crippen LogP contribution is -2.50. The van der Waals surface area contributed by atoms with Crippen LogP contribution in [-0.4, -0.2) is 38.8 Å². The van der Waals surface area contributed by atoms with Crippen LogP contribution in [0.1, 0.15) is 74.8 Å². The highest BCUT2D eigenvalue weighted by atomic mass is 16.2. The molecule has 6 heteroatoms. The van der Waals surface area contributed by atoms with Crippen molar-refractivity contribution in [3.63, 3.8) is 0 Å². The Morgan fingerprint density at radius 1 is 1.05 bits per heavy atom.